The molecule has 0 unspecified atom stereocenters. The van der Waals surface area contributed by atoms with E-state index in [1.165, 1.54) is 33.4 Å². The lowest BCUT2D eigenvalue weighted by Crippen LogP contribution is -1.85. The maximum atomic E-state index is 2.38. The van der Waals surface area contributed by atoms with Crippen LogP contribution in [0.2, 0.25) is 0 Å². The van der Waals surface area contributed by atoms with Crippen molar-refractivity contribution in [1.29, 1.82) is 0 Å². The summed E-state index contributed by atoms with van der Waals surface area (Å²) in [6.07, 6.45) is 3.35. The van der Waals surface area contributed by atoms with Gasteiger partial charge in [-0.1, -0.05) is 50.2 Å². The molecule has 0 fully saturated rings. The Morgan fingerprint density at radius 1 is 0.765 bits per heavy atom. The van der Waals surface area contributed by atoms with E-state index in [0.717, 1.165) is 19.3 Å². The van der Waals surface area contributed by atoms with Crippen LogP contribution in [-0.2, 0) is 19.3 Å². The van der Waals surface area contributed by atoms with Crippen molar-refractivity contribution in [3.8, 4) is 11.1 Å². The van der Waals surface area contributed by atoms with Gasteiger partial charge in [0, 0.05) is 0 Å². The second-order valence-corrected chi connectivity index (χ2v) is 4.87. The molecule has 2 aromatic carbocycles. The Kier molecular flexibility index (Phi) is 2.51. The topological polar surface area (TPSA) is 0 Å². The fourth-order valence-electron chi connectivity index (χ4n) is 2.70. The van der Waals surface area contributed by atoms with E-state index in [-0.39, 0.29) is 0 Å². The molecule has 0 radical (unpaired) electrons. The van der Waals surface area contributed by atoms with Gasteiger partial charge in [-0.05, 0) is 52.6 Å². The first-order valence-electron chi connectivity index (χ1n) is 6.55. The summed E-state index contributed by atoms with van der Waals surface area (Å²) in [5.41, 5.74) is 8.80. The number of hydrogen-bond donors (Lipinski definition) is 0. The largest absolute Gasteiger partial charge is 0.0613 e. The normalized spacial score (nSPS) is 12.4. The third kappa shape index (κ3) is 1.68. The molecule has 1 aliphatic rings. The van der Waals surface area contributed by atoms with Crippen LogP contribution >= 0.6 is 0 Å². The summed E-state index contributed by atoms with van der Waals surface area (Å²) in [5.74, 6) is 0. The van der Waals surface area contributed by atoms with Gasteiger partial charge in [-0.2, -0.15) is 0 Å². The minimum atomic E-state index is 1.11. The molecule has 1 aliphatic carbocycles. The molecule has 0 N–H and O–H groups in total. The molecule has 0 atom stereocenters. The maximum absolute atomic E-state index is 2.38. The molecule has 86 valence electrons. The summed E-state index contributed by atoms with van der Waals surface area (Å²) < 4.78 is 0. The summed E-state index contributed by atoms with van der Waals surface area (Å²) in [6.45, 7) is 4.44. The highest BCUT2D eigenvalue weighted by Gasteiger charge is 2.18. The van der Waals surface area contributed by atoms with Crippen LogP contribution in [0.5, 0.6) is 0 Å². The molecule has 17 heavy (non-hydrogen) atoms. The molecule has 3 rings (SSSR count). The molecule has 0 aromatic heterocycles. The van der Waals surface area contributed by atoms with Gasteiger partial charge in [0.15, 0.2) is 0 Å². The fraction of sp³-hybridized carbons (Fsp3) is 0.294. The van der Waals surface area contributed by atoms with Gasteiger partial charge in [-0.15, -0.1) is 0 Å². The molecular formula is C17H18. The molecule has 0 spiro atoms. The molecule has 0 amide bonds. The molecule has 0 heterocycles. The van der Waals surface area contributed by atoms with E-state index in [0.29, 0.717) is 0 Å². The lowest BCUT2D eigenvalue weighted by atomic mass is 10.00. The molecular weight excluding hydrogens is 204 g/mol. The monoisotopic (exact) mass is 222 g/mol. The lowest BCUT2D eigenvalue weighted by Gasteiger charge is -2.05. The van der Waals surface area contributed by atoms with E-state index >= 15 is 0 Å². The van der Waals surface area contributed by atoms with Crippen molar-refractivity contribution in [3.05, 3.63) is 58.7 Å². The third-order valence-electron chi connectivity index (χ3n) is 3.84. The second kappa shape index (κ2) is 4.03. The zero-order chi connectivity index (χ0) is 11.8. The Labute approximate surface area is 103 Å². The number of benzene rings is 2. The summed E-state index contributed by atoms with van der Waals surface area (Å²) in [7, 11) is 0. The van der Waals surface area contributed by atoms with E-state index < -0.39 is 0 Å². The number of hydrogen-bond acceptors (Lipinski definition) is 0. The smallest absolute Gasteiger partial charge is 0.00134 e. The van der Waals surface area contributed by atoms with Crippen molar-refractivity contribution in [2.75, 3.05) is 0 Å². The highest BCUT2D eigenvalue weighted by atomic mass is 14.2. The SMILES string of the molecule is CCc1ccc2c(c1)-c1cc(CC)ccc1C2. The standard InChI is InChI=1S/C17H18/c1-3-12-5-7-14-11-15-8-6-13(4-2)10-17(15)16(14)9-12/h5-10H,3-4,11H2,1-2H3. The van der Waals surface area contributed by atoms with Gasteiger partial charge in [0.25, 0.3) is 0 Å². The summed E-state index contributed by atoms with van der Waals surface area (Å²) >= 11 is 0. The van der Waals surface area contributed by atoms with Crippen molar-refractivity contribution in [1.82, 2.24) is 0 Å². The molecule has 0 aliphatic heterocycles. The van der Waals surface area contributed by atoms with Gasteiger partial charge in [-0.3, -0.25) is 0 Å². The number of aryl methyl sites for hydroxylation is 2. The van der Waals surface area contributed by atoms with Crippen LogP contribution < -0.4 is 0 Å². The molecule has 0 saturated carbocycles. The lowest BCUT2D eigenvalue weighted by molar-refractivity contribution is 1.13. The van der Waals surface area contributed by atoms with Crippen molar-refractivity contribution in [2.24, 2.45) is 0 Å². The minimum Gasteiger partial charge on any atom is -0.0613 e. The van der Waals surface area contributed by atoms with Gasteiger partial charge in [0.05, 0.1) is 0 Å². The Morgan fingerprint density at radius 2 is 1.24 bits per heavy atom. The van der Waals surface area contributed by atoms with E-state index in [1.54, 1.807) is 0 Å². The van der Waals surface area contributed by atoms with Crippen LogP contribution in [0.3, 0.4) is 0 Å². The van der Waals surface area contributed by atoms with E-state index in [2.05, 4.69) is 50.2 Å². The molecule has 2 aromatic rings. The minimum absolute atomic E-state index is 1.11. The van der Waals surface area contributed by atoms with Gasteiger partial charge in [0.1, 0.15) is 0 Å². The van der Waals surface area contributed by atoms with E-state index in [1.807, 2.05) is 0 Å². The Morgan fingerprint density at radius 3 is 1.65 bits per heavy atom. The highest BCUT2D eigenvalue weighted by molar-refractivity contribution is 5.77. The van der Waals surface area contributed by atoms with E-state index in [4.69, 9.17) is 0 Å². The molecule has 0 saturated heterocycles. The van der Waals surface area contributed by atoms with Crippen LogP contribution in [0.15, 0.2) is 36.4 Å². The first-order chi connectivity index (χ1) is 8.31. The van der Waals surface area contributed by atoms with Gasteiger partial charge in [0.2, 0.25) is 0 Å². The fourth-order valence-corrected chi connectivity index (χ4v) is 2.70. The first-order valence-corrected chi connectivity index (χ1v) is 6.55. The Bertz CT molecular complexity index is 513. The zero-order valence-electron chi connectivity index (χ0n) is 10.6. The molecule has 0 nitrogen and oxygen atoms in total. The van der Waals surface area contributed by atoms with Crippen molar-refractivity contribution >= 4 is 0 Å². The van der Waals surface area contributed by atoms with Crippen LogP contribution in [-0.4, -0.2) is 0 Å². The van der Waals surface area contributed by atoms with Crippen LogP contribution in [0, 0.1) is 0 Å². The van der Waals surface area contributed by atoms with Gasteiger partial charge < -0.3 is 0 Å². The third-order valence-corrected chi connectivity index (χ3v) is 3.84. The predicted octanol–water partition coefficient (Wildman–Crippen LogP) is 4.38. The van der Waals surface area contributed by atoms with Crippen molar-refractivity contribution < 1.29 is 0 Å². The summed E-state index contributed by atoms with van der Waals surface area (Å²) in [4.78, 5) is 0. The molecule has 0 heteroatoms. The van der Waals surface area contributed by atoms with Crippen LogP contribution in [0.25, 0.3) is 11.1 Å². The van der Waals surface area contributed by atoms with E-state index in [9.17, 15) is 0 Å². The van der Waals surface area contributed by atoms with Crippen LogP contribution in [0.4, 0.5) is 0 Å². The quantitative estimate of drug-likeness (QED) is 0.603. The average molecular weight is 222 g/mol. The van der Waals surface area contributed by atoms with Crippen LogP contribution in [0.1, 0.15) is 36.1 Å². The summed E-state index contributed by atoms with van der Waals surface area (Å²) in [5, 5.41) is 0. The maximum Gasteiger partial charge on any atom is -0.00134 e. The summed E-state index contributed by atoms with van der Waals surface area (Å²) in [6, 6.07) is 13.9. The number of fused-ring (bicyclic) bond motifs is 3. The Balaban J connectivity index is 2.17. The van der Waals surface area contributed by atoms with Gasteiger partial charge in [-0.25, -0.2) is 0 Å². The van der Waals surface area contributed by atoms with Crippen molar-refractivity contribution in [3.63, 3.8) is 0 Å². The average Bonchev–Trinajstić information content (AvgIpc) is 2.75. The zero-order valence-corrected chi connectivity index (χ0v) is 10.6. The number of rotatable bonds is 2. The second-order valence-electron chi connectivity index (χ2n) is 4.87. The van der Waals surface area contributed by atoms with Crippen molar-refractivity contribution in [2.45, 2.75) is 33.1 Å². The first kappa shape index (κ1) is 10.6. The molecule has 0 bridgehead atoms. The highest BCUT2D eigenvalue weighted by Crippen LogP contribution is 2.37. The van der Waals surface area contributed by atoms with Gasteiger partial charge >= 0.3 is 0 Å². The predicted molar refractivity (Wildman–Crippen MR) is 73.4 cm³/mol. The Hall–Kier alpha value is -1.56.